The minimum atomic E-state index is -0.873. The van der Waals surface area contributed by atoms with Crippen molar-refractivity contribution in [3.05, 3.63) is 0 Å². The van der Waals surface area contributed by atoms with Crippen molar-refractivity contribution < 1.29 is 20.4 Å². The van der Waals surface area contributed by atoms with Gasteiger partial charge >= 0.3 is 0 Å². The maximum atomic E-state index is 9.86. The fourth-order valence-electron chi connectivity index (χ4n) is 2.90. The molecule has 0 aromatic heterocycles. The first-order valence-corrected chi connectivity index (χ1v) is 5.47. The topological polar surface area (TPSA) is 84.2 Å². The van der Waals surface area contributed by atoms with E-state index in [-0.39, 0.29) is 24.6 Å². The van der Waals surface area contributed by atoms with E-state index >= 15 is 0 Å². The van der Waals surface area contributed by atoms with Crippen LogP contribution in [-0.2, 0) is 0 Å². The van der Waals surface area contributed by atoms with E-state index in [2.05, 4.69) is 0 Å². The quantitative estimate of drug-likeness (QED) is 0.414. The summed E-state index contributed by atoms with van der Waals surface area (Å²) in [5.41, 5.74) is 0. The van der Waals surface area contributed by atoms with Crippen LogP contribution >= 0.6 is 0 Å². The third-order valence-electron chi connectivity index (χ3n) is 3.90. The molecular formula is C10H19NO4. The monoisotopic (exact) mass is 217 g/mol. The number of hydrogen-bond acceptors (Lipinski definition) is 5. The van der Waals surface area contributed by atoms with Gasteiger partial charge < -0.3 is 20.4 Å². The first-order chi connectivity index (χ1) is 7.06. The van der Waals surface area contributed by atoms with E-state index in [0.29, 0.717) is 13.0 Å². The summed E-state index contributed by atoms with van der Waals surface area (Å²) in [5, 5.41) is 38.3. The molecule has 0 bridgehead atoms. The molecule has 2 aliphatic rings. The molecule has 0 radical (unpaired) electrons. The van der Waals surface area contributed by atoms with Gasteiger partial charge in [0.2, 0.25) is 0 Å². The number of nitrogens with zero attached hydrogens (tertiary/aromatic N) is 1. The summed E-state index contributed by atoms with van der Waals surface area (Å²) in [6.07, 6.45) is -1.83. The zero-order valence-corrected chi connectivity index (χ0v) is 8.82. The van der Waals surface area contributed by atoms with Crippen LogP contribution in [0.3, 0.4) is 0 Å². The summed E-state index contributed by atoms with van der Waals surface area (Å²) in [7, 11) is 0. The van der Waals surface area contributed by atoms with Crippen LogP contribution in [0, 0.1) is 5.92 Å². The molecule has 0 saturated carbocycles. The van der Waals surface area contributed by atoms with Crippen LogP contribution in [0.5, 0.6) is 0 Å². The predicted octanol–water partition coefficient (Wildman–Crippen LogP) is -1.85. The molecule has 4 unspecified atom stereocenters. The summed E-state index contributed by atoms with van der Waals surface area (Å²) in [6.45, 7) is 2.37. The smallest absolute Gasteiger partial charge is 0.0991 e. The molecule has 2 aliphatic heterocycles. The van der Waals surface area contributed by atoms with Crippen molar-refractivity contribution in [3.8, 4) is 0 Å². The van der Waals surface area contributed by atoms with Crippen LogP contribution in [0.15, 0.2) is 0 Å². The lowest BCUT2D eigenvalue weighted by molar-refractivity contribution is -0.0714. The summed E-state index contributed by atoms with van der Waals surface area (Å²) < 4.78 is 0. The van der Waals surface area contributed by atoms with Crippen LogP contribution in [-0.4, -0.2) is 68.9 Å². The molecule has 2 fully saturated rings. The van der Waals surface area contributed by atoms with Crippen molar-refractivity contribution in [1.29, 1.82) is 0 Å². The highest BCUT2D eigenvalue weighted by Crippen LogP contribution is 2.34. The highest BCUT2D eigenvalue weighted by molar-refractivity contribution is 5.03. The van der Waals surface area contributed by atoms with Gasteiger partial charge in [0.25, 0.3) is 0 Å². The lowest BCUT2D eigenvalue weighted by atomic mass is 9.85. The Hall–Kier alpha value is -0.200. The van der Waals surface area contributed by atoms with Crippen LogP contribution in [0.25, 0.3) is 0 Å². The number of aliphatic hydroxyl groups excluding tert-OH is 4. The Labute approximate surface area is 88.9 Å². The van der Waals surface area contributed by atoms with Crippen molar-refractivity contribution in [2.45, 2.75) is 43.7 Å². The first-order valence-electron chi connectivity index (χ1n) is 5.47. The van der Waals surface area contributed by atoms with Crippen LogP contribution in [0.2, 0.25) is 0 Å². The summed E-state index contributed by atoms with van der Waals surface area (Å²) in [5.74, 6) is 0.0220. The maximum absolute atomic E-state index is 9.86. The van der Waals surface area contributed by atoms with Crippen molar-refractivity contribution in [2.24, 2.45) is 5.92 Å². The molecule has 15 heavy (non-hydrogen) atoms. The normalized spacial score (nSPS) is 51.8. The van der Waals surface area contributed by atoms with E-state index < -0.39 is 18.3 Å². The molecule has 2 heterocycles. The van der Waals surface area contributed by atoms with Crippen molar-refractivity contribution in [1.82, 2.24) is 4.90 Å². The van der Waals surface area contributed by atoms with E-state index in [0.717, 1.165) is 0 Å². The zero-order chi connectivity index (χ0) is 11.2. The number of aliphatic hydroxyl groups is 4. The highest BCUT2D eigenvalue weighted by atomic mass is 16.3. The second-order valence-electron chi connectivity index (χ2n) is 4.73. The molecule has 6 atom stereocenters. The average molecular weight is 217 g/mol. The van der Waals surface area contributed by atoms with Crippen molar-refractivity contribution in [3.63, 3.8) is 0 Å². The highest BCUT2D eigenvalue weighted by Gasteiger charge is 2.50. The molecule has 0 aromatic rings. The van der Waals surface area contributed by atoms with Gasteiger partial charge in [-0.15, -0.1) is 0 Å². The van der Waals surface area contributed by atoms with Crippen molar-refractivity contribution >= 4 is 0 Å². The van der Waals surface area contributed by atoms with Gasteiger partial charge in [0.05, 0.1) is 24.4 Å². The van der Waals surface area contributed by atoms with Crippen LogP contribution in [0.4, 0.5) is 0 Å². The van der Waals surface area contributed by atoms with E-state index in [9.17, 15) is 15.3 Å². The fourth-order valence-corrected chi connectivity index (χ4v) is 2.90. The Kier molecular flexibility index (Phi) is 3.00. The Balaban J connectivity index is 2.18. The lowest BCUT2D eigenvalue weighted by Crippen LogP contribution is -2.56. The molecule has 5 heteroatoms. The molecule has 2 rings (SSSR count). The molecule has 0 amide bonds. The molecule has 0 aromatic carbocycles. The van der Waals surface area contributed by atoms with Gasteiger partial charge in [-0.05, 0) is 19.3 Å². The summed E-state index contributed by atoms with van der Waals surface area (Å²) in [6, 6.07) is -0.284. The van der Waals surface area contributed by atoms with E-state index in [1.54, 1.807) is 0 Å². The van der Waals surface area contributed by atoms with E-state index in [1.807, 2.05) is 11.8 Å². The molecular weight excluding hydrogens is 198 g/mol. The summed E-state index contributed by atoms with van der Waals surface area (Å²) >= 11 is 0. The zero-order valence-electron chi connectivity index (χ0n) is 8.82. The van der Waals surface area contributed by atoms with Gasteiger partial charge in [-0.1, -0.05) is 0 Å². The Bertz CT molecular complexity index is 237. The maximum Gasteiger partial charge on any atom is 0.0991 e. The molecule has 2 saturated heterocycles. The molecule has 0 aliphatic carbocycles. The van der Waals surface area contributed by atoms with Gasteiger partial charge in [-0.2, -0.15) is 0 Å². The number of piperidine rings is 1. The second kappa shape index (κ2) is 3.99. The fraction of sp³-hybridized carbons (Fsp3) is 1.00. The predicted molar refractivity (Wildman–Crippen MR) is 53.2 cm³/mol. The Morgan fingerprint density at radius 2 is 1.87 bits per heavy atom. The number of fused-ring (bicyclic) bond motifs is 1. The minimum absolute atomic E-state index is 0.0220. The van der Waals surface area contributed by atoms with Gasteiger partial charge in [-0.3, -0.25) is 4.90 Å². The molecule has 4 N–H and O–H groups in total. The Morgan fingerprint density at radius 1 is 1.20 bits per heavy atom. The molecule has 0 spiro atoms. The third-order valence-corrected chi connectivity index (χ3v) is 3.90. The number of hydrogen-bond donors (Lipinski definition) is 4. The van der Waals surface area contributed by atoms with Crippen LogP contribution < -0.4 is 0 Å². The first kappa shape index (κ1) is 11.3. The second-order valence-corrected chi connectivity index (χ2v) is 4.73. The third kappa shape index (κ3) is 1.68. The average Bonchev–Trinajstić information content (AvgIpc) is 2.50. The SMILES string of the molecule is CC1C(CO)CC(O)[C@@H]2C(O)[C@@H](O)CN12. The number of rotatable bonds is 1. The van der Waals surface area contributed by atoms with Crippen molar-refractivity contribution in [2.75, 3.05) is 13.2 Å². The largest absolute Gasteiger partial charge is 0.396 e. The van der Waals surface area contributed by atoms with Gasteiger partial charge in [0.1, 0.15) is 0 Å². The van der Waals surface area contributed by atoms with Gasteiger partial charge in [-0.25, -0.2) is 0 Å². The van der Waals surface area contributed by atoms with Gasteiger partial charge in [0, 0.05) is 19.2 Å². The summed E-state index contributed by atoms with van der Waals surface area (Å²) in [4.78, 5) is 1.91. The van der Waals surface area contributed by atoms with E-state index in [4.69, 9.17) is 5.11 Å². The van der Waals surface area contributed by atoms with Gasteiger partial charge in [0.15, 0.2) is 0 Å². The minimum Gasteiger partial charge on any atom is -0.396 e. The standard InChI is InChI=1S/C10H19NO4/c1-5-6(4-12)2-7(13)9-10(15)8(14)3-11(5)9/h5-10,12-15H,2-4H2,1H3/t5?,6?,7?,8-,9+,10?/m0/s1. The van der Waals surface area contributed by atoms with E-state index in [1.165, 1.54) is 0 Å². The molecule has 88 valence electrons. The Morgan fingerprint density at radius 3 is 2.47 bits per heavy atom. The lowest BCUT2D eigenvalue weighted by Gasteiger charge is -2.43. The van der Waals surface area contributed by atoms with Crippen LogP contribution in [0.1, 0.15) is 13.3 Å². The molecule has 5 nitrogen and oxygen atoms in total.